The van der Waals surface area contributed by atoms with Gasteiger partial charge in [0.2, 0.25) is 0 Å². The van der Waals surface area contributed by atoms with E-state index in [2.05, 4.69) is 41.5 Å². The third kappa shape index (κ3) is 5.33. The van der Waals surface area contributed by atoms with Crippen molar-refractivity contribution >= 4 is 7.12 Å². The first-order valence-electron chi connectivity index (χ1n) is 6.07. The molecule has 0 aliphatic carbocycles. The summed E-state index contributed by atoms with van der Waals surface area (Å²) in [7, 11) is 1.46. The van der Waals surface area contributed by atoms with Crippen molar-refractivity contribution in [3.8, 4) is 0 Å². The van der Waals surface area contributed by atoms with Crippen molar-refractivity contribution < 1.29 is 14.0 Å². The summed E-state index contributed by atoms with van der Waals surface area (Å²) >= 11 is 0. The molecule has 0 fully saturated rings. The Bertz CT molecular complexity index is 193. The van der Waals surface area contributed by atoms with Crippen LogP contribution in [-0.4, -0.2) is 26.6 Å². The monoisotopic (exact) mass is 230 g/mol. The molecule has 0 spiro atoms. The Hall–Kier alpha value is -0.0551. The maximum absolute atomic E-state index is 5.65. The summed E-state index contributed by atoms with van der Waals surface area (Å²) in [5.41, 5.74) is -0.130. The first kappa shape index (κ1) is 15.9. The fourth-order valence-corrected chi connectivity index (χ4v) is 1.14. The zero-order chi connectivity index (χ0) is 12.8. The topological polar surface area (TPSA) is 27.7 Å². The van der Waals surface area contributed by atoms with Gasteiger partial charge < -0.3 is 14.0 Å². The van der Waals surface area contributed by atoms with E-state index < -0.39 is 0 Å². The molecular formula is C12H27BO3. The van der Waals surface area contributed by atoms with E-state index in [0.29, 0.717) is 0 Å². The molecule has 0 radical (unpaired) electrons. The van der Waals surface area contributed by atoms with Gasteiger partial charge in [0.1, 0.15) is 6.79 Å². The maximum atomic E-state index is 5.65. The summed E-state index contributed by atoms with van der Waals surface area (Å²) in [5, 5.41) is 0.00840. The van der Waals surface area contributed by atoms with Gasteiger partial charge in [-0.3, -0.25) is 0 Å². The molecule has 0 amide bonds. The highest BCUT2D eigenvalue weighted by Crippen LogP contribution is 2.33. The second-order valence-electron chi connectivity index (χ2n) is 5.45. The van der Waals surface area contributed by atoms with Crippen molar-refractivity contribution in [2.75, 3.05) is 13.9 Å². The quantitative estimate of drug-likeness (QED) is 0.472. The Morgan fingerprint density at radius 2 is 1.56 bits per heavy atom. The summed E-state index contributed by atoms with van der Waals surface area (Å²) in [4.78, 5) is 0. The third-order valence-electron chi connectivity index (χ3n) is 3.28. The summed E-state index contributed by atoms with van der Waals surface area (Å²) in [6.45, 7) is 12.9. The van der Waals surface area contributed by atoms with Crippen LogP contribution in [0.15, 0.2) is 0 Å². The molecule has 0 aromatic carbocycles. The molecule has 0 aliphatic rings. The molecule has 0 rings (SSSR count). The van der Waals surface area contributed by atoms with Crippen molar-refractivity contribution in [3.63, 3.8) is 0 Å². The predicted octanol–water partition coefficient (Wildman–Crippen LogP) is 3.49. The van der Waals surface area contributed by atoms with Crippen LogP contribution in [0.2, 0.25) is 5.31 Å². The molecule has 0 N–H and O–H groups in total. The molecule has 0 saturated carbocycles. The Morgan fingerprint density at radius 3 is 1.94 bits per heavy atom. The molecule has 0 heterocycles. The number of rotatable bonds is 8. The van der Waals surface area contributed by atoms with Crippen LogP contribution in [0.3, 0.4) is 0 Å². The van der Waals surface area contributed by atoms with E-state index in [9.17, 15) is 0 Å². The Morgan fingerprint density at radius 1 is 1.00 bits per heavy atom. The van der Waals surface area contributed by atoms with Gasteiger partial charge in [-0.05, 0) is 25.6 Å². The smallest absolute Gasteiger partial charge is 0.414 e. The molecule has 0 atom stereocenters. The fraction of sp³-hybridized carbons (Fsp3) is 1.00. The summed E-state index contributed by atoms with van der Waals surface area (Å²) < 4.78 is 16.6. The third-order valence-corrected chi connectivity index (χ3v) is 3.28. The molecule has 4 heteroatoms. The summed E-state index contributed by atoms with van der Waals surface area (Å²) in [6.07, 6.45) is 1.97. The summed E-state index contributed by atoms with van der Waals surface area (Å²) in [6, 6.07) is 0. The van der Waals surface area contributed by atoms with Gasteiger partial charge in [-0.1, -0.05) is 34.1 Å². The molecule has 3 nitrogen and oxygen atoms in total. The normalized spacial score (nSPS) is 12.9. The van der Waals surface area contributed by atoms with E-state index in [0.717, 1.165) is 12.8 Å². The molecular weight excluding hydrogens is 203 g/mol. The van der Waals surface area contributed by atoms with Crippen molar-refractivity contribution in [1.82, 2.24) is 0 Å². The van der Waals surface area contributed by atoms with Crippen molar-refractivity contribution in [1.29, 1.82) is 0 Å². The van der Waals surface area contributed by atoms with Crippen LogP contribution in [0.4, 0.5) is 0 Å². The zero-order valence-electron chi connectivity index (χ0n) is 11.9. The van der Waals surface area contributed by atoms with Crippen molar-refractivity contribution in [3.05, 3.63) is 0 Å². The SMILES string of the molecule is CCC(C)(C)OCOB(OC)C(C)(C)CC. The van der Waals surface area contributed by atoms with Crippen LogP contribution in [0, 0.1) is 0 Å². The van der Waals surface area contributed by atoms with Gasteiger partial charge in [0.15, 0.2) is 0 Å². The van der Waals surface area contributed by atoms with Gasteiger partial charge in [-0.2, -0.15) is 0 Å². The maximum Gasteiger partial charge on any atom is 0.464 e. The lowest BCUT2D eigenvalue weighted by Crippen LogP contribution is -2.36. The van der Waals surface area contributed by atoms with Gasteiger partial charge in [-0.25, -0.2) is 0 Å². The van der Waals surface area contributed by atoms with E-state index >= 15 is 0 Å². The van der Waals surface area contributed by atoms with E-state index in [4.69, 9.17) is 14.0 Å². The van der Waals surface area contributed by atoms with Crippen LogP contribution < -0.4 is 0 Å². The van der Waals surface area contributed by atoms with E-state index in [1.807, 2.05) is 0 Å². The molecule has 96 valence electrons. The minimum absolute atomic E-state index is 0.00840. The van der Waals surface area contributed by atoms with Gasteiger partial charge in [-0.15, -0.1) is 0 Å². The molecule has 0 bridgehead atoms. The molecule has 0 unspecified atom stereocenters. The second kappa shape index (κ2) is 6.62. The first-order valence-corrected chi connectivity index (χ1v) is 6.07. The molecule has 0 saturated heterocycles. The van der Waals surface area contributed by atoms with Gasteiger partial charge in [0.05, 0.1) is 5.60 Å². The van der Waals surface area contributed by atoms with Crippen LogP contribution in [0.5, 0.6) is 0 Å². The first-order chi connectivity index (χ1) is 7.29. The van der Waals surface area contributed by atoms with Crippen molar-refractivity contribution in [2.24, 2.45) is 0 Å². The van der Waals surface area contributed by atoms with Crippen LogP contribution >= 0.6 is 0 Å². The predicted molar refractivity (Wildman–Crippen MR) is 68.5 cm³/mol. The Labute approximate surface area is 101 Å². The van der Waals surface area contributed by atoms with E-state index in [1.165, 1.54) is 0 Å². The fourth-order valence-electron chi connectivity index (χ4n) is 1.14. The summed E-state index contributed by atoms with van der Waals surface area (Å²) in [5.74, 6) is 0. The largest absolute Gasteiger partial charge is 0.464 e. The minimum atomic E-state index is -0.217. The highest BCUT2D eigenvalue weighted by atomic mass is 16.7. The highest BCUT2D eigenvalue weighted by molar-refractivity contribution is 6.48. The standard InChI is InChI=1S/C12H27BO3/c1-8-11(3,4)13(14-7)16-10-15-12(5,6)9-2/h8-10H2,1-7H3. The molecule has 16 heavy (non-hydrogen) atoms. The Balaban J connectivity index is 4.07. The average Bonchev–Trinajstić information content (AvgIpc) is 2.24. The van der Waals surface area contributed by atoms with Crippen LogP contribution in [-0.2, 0) is 14.0 Å². The lowest BCUT2D eigenvalue weighted by molar-refractivity contribution is -0.0968. The van der Waals surface area contributed by atoms with E-state index in [1.54, 1.807) is 7.11 Å². The lowest BCUT2D eigenvalue weighted by atomic mass is 9.58. The lowest BCUT2D eigenvalue weighted by Gasteiger charge is -2.30. The molecule has 0 aromatic rings. The number of hydrogen-bond acceptors (Lipinski definition) is 3. The zero-order valence-corrected chi connectivity index (χ0v) is 11.9. The van der Waals surface area contributed by atoms with Gasteiger partial charge >= 0.3 is 7.12 Å². The Kier molecular flexibility index (Phi) is 6.60. The number of hydrogen-bond donors (Lipinski definition) is 0. The van der Waals surface area contributed by atoms with E-state index in [-0.39, 0.29) is 24.8 Å². The van der Waals surface area contributed by atoms with Crippen molar-refractivity contribution in [2.45, 2.75) is 65.3 Å². The number of ether oxygens (including phenoxy) is 1. The molecule has 0 aliphatic heterocycles. The highest BCUT2D eigenvalue weighted by Gasteiger charge is 2.36. The van der Waals surface area contributed by atoms with Gasteiger partial charge in [0, 0.05) is 7.11 Å². The second-order valence-corrected chi connectivity index (χ2v) is 5.45. The average molecular weight is 230 g/mol. The van der Waals surface area contributed by atoms with Crippen LogP contribution in [0.25, 0.3) is 0 Å². The van der Waals surface area contributed by atoms with Crippen LogP contribution in [0.1, 0.15) is 54.4 Å². The molecule has 0 aromatic heterocycles. The minimum Gasteiger partial charge on any atom is -0.414 e. The van der Waals surface area contributed by atoms with Gasteiger partial charge in [0.25, 0.3) is 0 Å².